The Morgan fingerprint density at radius 2 is 1.97 bits per heavy atom. The van der Waals surface area contributed by atoms with Gasteiger partial charge in [-0.25, -0.2) is 0 Å². The summed E-state index contributed by atoms with van der Waals surface area (Å²) in [5, 5.41) is 0.791. The third-order valence-corrected chi connectivity index (χ3v) is 6.20. The minimum Gasteiger partial charge on any atom is -0.487 e. The summed E-state index contributed by atoms with van der Waals surface area (Å²) in [6, 6.07) is 10.2. The van der Waals surface area contributed by atoms with Crippen LogP contribution in [0.5, 0.6) is 11.5 Å². The Morgan fingerprint density at radius 1 is 1.13 bits per heavy atom. The largest absolute Gasteiger partial charge is 0.487 e. The standard InChI is InChI=1S/C24H28ClNO5/c1-16(27)31-24-22(30-13-12-29-11-10-28-2)7-6-17-8-9-26-15-18-4-3-5-20(25)19(18)14-21(26)23(17)24/h3-7,21H,8-15H2,1-2H3. The van der Waals surface area contributed by atoms with E-state index in [1.807, 2.05) is 18.2 Å². The number of esters is 1. The summed E-state index contributed by atoms with van der Waals surface area (Å²) in [6.45, 7) is 5.05. The van der Waals surface area contributed by atoms with Gasteiger partial charge in [0.25, 0.3) is 0 Å². The van der Waals surface area contributed by atoms with E-state index in [1.165, 1.54) is 23.6 Å². The van der Waals surface area contributed by atoms with Crippen LogP contribution in [0.1, 0.15) is 35.2 Å². The molecule has 2 aromatic carbocycles. The molecule has 2 aromatic rings. The average Bonchev–Trinajstić information content (AvgIpc) is 2.75. The molecule has 0 fully saturated rings. The number of carbonyl (C=O) groups is 1. The maximum Gasteiger partial charge on any atom is 0.308 e. The minimum atomic E-state index is -0.360. The first-order chi connectivity index (χ1) is 15.1. The van der Waals surface area contributed by atoms with Crippen molar-refractivity contribution in [2.45, 2.75) is 32.4 Å². The van der Waals surface area contributed by atoms with Crippen LogP contribution >= 0.6 is 11.6 Å². The van der Waals surface area contributed by atoms with Crippen LogP contribution in [0.3, 0.4) is 0 Å². The highest BCUT2D eigenvalue weighted by Crippen LogP contribution is 2.47. The Labute approximate surface area is 188 Å². The van der Waals surface area contributed by atoms with Gasteiger partial charge in [0.2, 0.25) is 0 Å². The molecule has 1 atom stereocenters. The normalized spacial score (nSPS) is 17.5. The van der Waals surface area contributed by atoms with E-state index in [-0.39, 0.29) is 12.0 Å². The molecular formula is C24H28ClNO5. The number of nitrogens with zero attached hydrogens (tertiary/aromatic N) is 1. The van der Waals surface area contributed by atoms with Crippen LogP contribution in [0.25, 0.3) is 0 Å². The van der Waals surface area contributed by atoms with Crippen LogP contribution in [0.15, 0.2) is 30.3 Å². The molecule has 0 saturated carbocycles. The van der Waals surface area contributed by atoms with E-state index in [9.17, 15) is 4.79 Å². The van der Waals surface area contributed by atoms with Crippen molar-refractivity contribution in [1.82, 2.24) is 4.90 Å². The molecule has 4 rings (SSSR count). The molecule has 1 unspecified atom stereocenters. The predicted molar refractivity (Wildman–Crippen MR) is 118 cm³/mol. The molecular weight excluding hydrogens is 418 g/mol. The molecule has 0 radical (unpaired) electrons. The van der Waals surface area contributed by atoms with Gasteiger partial charge < -0.3 is 18.9 Å². The van der Waals surface area contributed by atoms with Gasteiger partial charge in [0.1, 0.15) is 6.61 Å². The first-order valence-electron chi connectivity index (χ1n) is 10.6. The first kappa shape index (κ1) is 22.1. The summed E-state index contributed by atoms with van der Waals surface area (Å²) in [5.41, 5.74) is 4.66. The van der Waals surface area contributed by atoms with E-state index >= 15 is 0 Å². The van der Waals surface area contributed by atoms with Crippen molar-refractivity contribution in [2.75, 3.05) is 40.1 Å². The second-order valence-electron chi connectivity index (χ2n) is 7.83. The molecule has 31 heavy (non-hydrogen) atoms. The molecule has 0 aromatic heterocycles. The zero-order valence-electron chi connectivity index (χ0n) is 18.0. The summed E-state index contributed by atoms with van der Waals surface area (Å²) < 4.78 is 22.2. The molecule has 7 heteroatoms. The molecule has 0 saturated heterocycles. The van der Waals surface area contributed by atoms with Crippen LogP contribution in [0.2, 0.25) is 5.02 Å². The van der Waals surface area contributed by atoms with Gasteiger partial charge in [-0.15, -0.1) is 0 Å². The van der Waals surface area contributed by atoms with Gasteiger partial charge in [0.15, 0.2) is 11.5 Å². The summed E-state index contributed by atoms with van der Waals surface area (Å²) in [4.78, 5) is 14.4. The number of carbonyl (C=O) groups excluding carboxylic acids is 1. The van der Waals surface area contributed by atoms with E-state index < -0.39 is 0 Å². The van der Waals surface area contributed by atoms with Gasteiger partial charge in [0, 0.05) is 43.8 Å². The third kappa shape index (κ3) is 4.88. The molecule has 2 aliphatic heterocycles. The van der Waals surface area contributed by atoms with Gasteiger partial charge in [-0.1, -0.05) is 29.8 Å². The van der Waals surface area contributed by atoms with E-state index in [2.05, 4.69) is 17.0 Å². The Bertz CT molecular complexity index is 948. The maximum atomic E-state index is 12.0. The molecule has 0 bridgehead atoms. The lowest BCUT2D eigenvalue weighted by molar-refractivity contribution is -0.132. The number of ether oxygens (including phenoxy) is 4. The van der Waals surface area contributed by atoms with Gasteiger partial charge in [-0.05, 0) is 41.7 Å². The summed E-state index contributed by atoms with van der Waals surface area (Å²) >= 11 is 6.53. The quantitative estimate of drug-likeness (QED) is 0.348. The number of hydrogen-bond acceptors (Lipinski definition) is 6. The van der Waals surface area contributed by atoms with Crippen molar-refractivity contribution in [1.29, 1.82) is 0 Å². The smallest absolute Gasteiger partial charge is 0.308 e. The van der Waals surface area contributed by atoms with Crippen molar-refractivity contribution in [2.24, 2.45) is 0 Å². The van der Waals surface area contributed by atoms with Gasteiger partial charge >= 0.3 is 5.97 Å². The fourth-order valence-corrected chi connectivity index (χ4v) is 4.71. The molecule has 6 nitrogen and oxygen atoms in total. The molecule has 2 heterocycles. The number of halogens is 1. The highest BCUT2D eigenvalue weighted by Gasteiger charge is 2.36. The van der Waals surface area contributed by atoms with Crippen LogP contribution in [0.4, 0.5) is 0 Å². The highest BCUT2D eigenvalue weighted by atomic mass is 35.5. The number of rotatable bonds is 8. The van der Waals surface area contributed by atoms with Crippen molar-refractivity contribution in [3.8, 4) is 11.5 Å². The second kappa shape index (κ2) is 10.0. The van der Waals surface area contributed by atoms with Gasteiger partial charge in [-0.2, -0.15) is 0 Å². The average molecular weight is 446 g/mol. The second-order valence-corrected chi connectivity index (χ2v) is 8.24. The Hall–Kier alpha value is -2.12. The van der Waals surface area contributed by atoms with Crippen LogP contribution < -0.4 is 9.47 Å². The number of methoxy groups -OCH3 is 1. The zero-order chi connectivity index (χ0) is 21.8. The van der Waals surface area contributed by atoms with Crippen molar-refractivity contribution >= 4 is 17.6 Å². The van der Waals surface area contributed by atoms with Crippen LogP contribution in [-0.2, 0) is 33.7 Å². The summed E-state index contributed by atoms with van der Waals surface area (Å²) in [6.07, 6.45) is 1.68. The van der Waals surface area contributed by atoms with Gasteiger partial charge in [-0.3, -0.25) is 9.69 Å². The van der Waals surface area contributed by atoms with E-state index in [4.69, 9.17) is 30.5 Å². The van der Waals surface area contributed by atoms with Crippen LogP contribution in [0, 0.1) is 0 Å². The molecule has 0 amide bonds. The van der Waals surface area contributed by atoms with Gasteiger partial charge in [0.05, 0.1) is 19.8 Å². The van der Waals surface area contributed by atoms with Crippen molar-refractivity contribution in [3.05, 3.63) is 57.6 Å². The fraction of sp³-hybridized carbons (Fsp3) is 0.458. The lowest BCUT2D eigenvalue weighted by atomic mass is 9.83. The first-order valence-corrected chi connectivity index (χ1v) is 11.0. The third-order valence-electron chi connectivity index (χ3n) is 5.84. The lowest BCUT2D eigenvalue weighted by Gasteiger charge is -2.42. The van der Waals surface area contributed by atoms with Crippen LogP contribution in [-0.4, -0.2) is 51.0 Å². The lowest BCUT2D eigenvalue weighted by Crippen LogP contribution is -2.39. The van der Waals surface area contributed by atoms with Crippen molar-refractivity contribution in [3.63, 3.8) is 0 Å². The number of benzene rings is 2. The Morgan fingerprint density at radius 3 is 2.77 bits per heavy atom. The number of hydrogen-bond donors (Lipinski definition) is 0. The fourth-order valence-electron chi connectivity index (χ4n) is 4.44. The van der Waals surface area contributed by atoms with E-state index in [0.29, 0.717) is 37.9 Å². The number of fused-ring (bicyclic) bond motifs is 4. The molecule has 0 aliphatic carbocycles. The SMILES string of the molecule is COCCOCCOc1ccc2c(c1OC(C)=O)C1Cc3c(Cl)cccc3CN1CC2. The summed E-state index contributed by atoms with van der Waals surface area (Å²) in [5.74, 6) is 0.726. The van der Waals surface area contributed by atoms with E-state index in [1.54, 1.807) is 7.11 Å². The molecule has 0 N–H and O–H groups in total. The maximum absolute atomic E-state index is 12.0. The highest BCUT2D eigenvalue weighted by molar-refractivity contribution is 6.31. The topological polar surface area (TPSA) is 57.2 Å². The monoisotopic (exact) mass is 445 g/mol. The Balaban J connectivity index is 1.62. The molecule has 0 spiro atoms. The summed E-state index contributed by atoms with van der Waals surface area (Å²) in [7, 11) is 1.64. The zero-order valence-corrected chi connectivity index (χ0v) is 18.7. The Kier molecular flexibility index (Phi) is 7.13. The predicted octanol–water partition coefficient (Wildman–Crippen LogP) is 3.96. The molecule has 2 aliphatic rings. The van der Waals surface area contributed by atoms with E-state index in [0.717, 1.165) is 36.5 Å². The van der Waals surface area contributed by atoms with Crippen molar-refractivity contribution < 1.29 is 23.7 Å². The minimum absolute atomic E-state index is 0.0898. The molecule has 166 valence electrons.